The Balaban J connectivity index is 1.90. The smallest absolute Gasteiger partial charge is 0.243 e. The lowest BCUT2D eigenvalue weighted by molar-refractivity contribution is -0.114. The average molecular weight is 292 g/mol. The van der Waals surface area contributed by atoms with Crippen LogP contribution in [0.25, 0.3) is 0 Å². The molecule has 7 heteroatoms. The number of rotatable bonds is 4. The second kappa shape index (κ2) is 6.21. The molecular weight excluding hydrogens is 278 g/mol. The maximum absolute atomic E-state index is 11.8. The molecule has 0 aliphatic carbocycles. The van der Waals surface area contributed by atoms with Crippen molar-refractivity contribution < 1.29 is 4.79 Å². The zero-order valence-electron chi connectivity index (χ0n) is 10.9. The predicted octanol–water partition coefficient (Wildman–Crippen LogP) is 2.07. The number of halogens is 1. The molecule has 0 spiro atoms. The molecule has 0 unspecified atom stereocenters. The molecule has 0 aliphatic heterocycles. The largest absolute Gasteiger partial charge is 0.368 e. The molecule has 0 atom stereocenters. The number of anilines is 3. The lowest BCUT2D eigenvalue weighted by Gasteiger charge is -2.08. The van der Waals surface area contributed by atoms with Gasteiger partial charge in [-0.3, -0.25) is 4.79 Å². The van der Waals surface area contributed by atoms with Crippen molar-refractivity contribution in [3.8, 4) is 0 Å². The van der Waals surface area contributed by atoms with Crippen LogP contribution < -0.4 is 16.4 Å². The van der Waals surface area contributed by atoms with Crippen LogP contribution >= 0.6 is 11.6 Å². The van der Waals surface area contributed by atoms with Crippen LogP contribution in [0.5, 0.6) is 0 Å². The minimum Gasteiger partial charge on any atom is -0.368 e. The molecule has 0 saturated carbocycles. The summed E-state index contributed by atoms with van der Waals surface area (Å²) in [7, 11) is 0. The van der Waals surface area contributed by atoms with Crippen LogP contribution in [0.2, 0.25) is 5.02 Å². The third kappa shape index (κ3) is 4.10. The van der Waals surface area contributed by atoms with E-state index in [-0.39, 0.29) is 18.4 Å². The van der Waals surface area contributed by atoms with Crippen LogP contribution in [0.1, 0.15) is 5.69 Å². The van der Waals surface area contributed by atoms with Gasteiger partial charge in [0.05, 0.1) is 6.54 Å². The van der Waals surface area contributed by atoms with Crippen molar-refractivity contribution in [2.24, 2.45) is 0 Å². The van der Waals surface area contributed by atoms with Crippen molar-refractivity contribution >= 4 is 35.0 Å². The summed E-state index contributed by atoms with van der Waals surface area (Å²) in [6, 6.07) is 8.59. The van der Waals surface area contributed by atoms with Crippen molar-refractivity contribution in [2.75, 3.05) is 22.9 Å². The van der Waals surface area contributed by atoms with Gasteiger partial charge in [-0.2, -0.15) is 4.98 Å². The Labute approximate surface area is 121 Å². The molecule has 1 amide bonds. The molecule has 6 nitrogen and oxygen atoms in total. The molecule has 1 heterocycles. The predicted molar refractivity (Wildman–Crippen MR) is 79.8 cm³/mol. The van der Waals surface area contributed by atoms with E-state index < -0.39 is 0 Å². The normalized spacial score (nSPS) is 10.1. The standard InChI is InChI=1S/C13H14ClN5O/c1-8-6-11(19-13(15)17-8)16-7-12(20)18-10-4-2-9(14)3-5-10/h2-6H,7H2,1H3,(H,18,20)(H3,15,16,17,19). The fourth-order valence-corrected chi connectivity index (χ4v) is 1.72. The Morgan fingerprint density at radius 1 is 1.30 bits per heavy atom. The Bertz CT molecular complexity index is 594. The maximum atomic E-state index is 11.8. The highest BCUT2D eigenvalue weighted by molar-refractivity contribution is 6.30. The minimum atomic E-state index is -0.192. The van der Waals surface area contributed by atoms with E-state index in [0.717, 1.165) is 5.69 Å². The molecule has 0 fully saturated rings. The third-order valence-electron chi connectivity index (χ3n) is 2.43. The van der Waals surface area contributed by atoms with Gasteiger partial charge in [-0.15, -0.1) is 0 Å². The van der Waals surface area contributed by atoms with E-state index in [1.54, 1.807) is 37.3 Å². The number of carbonyl (C=O) groups is 1. The first kappa shape index (κ1) is 14.1. The Hall–Kier alpha value is -2.34. The second-order valence-electron chi connectivity index (χ2n) is 4.16. The van der Waals surface area contributed by atoms with Crippen LogP contribution in [0.15, 0.2) is 30.3 Å². The minimum absolute atomic E-state index is 0.0819. The Morgan fingerprint density at radius 2 is 2.00 bits per heavy atom. The summed E-state index contributed by atoms with van der Waals surface area (Å²) in [5.41, 5.74) is 6.94. The second-order valence-corrected chi connectivity index (χ2v) is 4.60. The summed E-state index contributed by atoms with van der Waals surface area (Å²) >= 11 is 5.77. The summed E-state index contributed by atoms with van der Waals surface area (Å²) in [4.78, 5) is 19.7. The zero-order valence-corrected chi connectivity index (χ0v) is 11.6. The van der Waals surface area contributed by atoms with E-state index in [9.17, 15) is 4.79 Å². The molecule has 2 rings (SSSR count). The number of benzene rings is 1. The molecule has 0 radical (unpaired) electrons. The first-order valence-corrected chi connectivity index (χ1v) is 6.31. The fourth-order valence-electron chi connectivity index (χ4n) is 1.59. The average Bonchev–Trinajstić information content (AvgIpc) is 2.38. The first-order chi connectivity index (χ1) is 9.52. The van der Waals surface area contributed by atoms with Crippen molar-refractivity contribution in [2.45, 2.75) is 6.92 Å². The third-order valence-corrected chi connectivity index (χ3v) is 2.68. The first-order valence-electron chi connectivity index (χ1n) is 5.93. The summed E-state index contributed by atoms with van der Waals surface area (Å²) < 4.78 is 0. The molecule has 0 saturated heterocycles. The van der Waals surface area contributed by atoms with Crippen LogP contribution in [0.3, 0.4) is 0 Å². The molecule has 104 valence electrons. The Morgan fingerprint density at radius 3 is 2.65 bits per heavy atom. The van der Waals surface area contributed by atoms with Gasteiger partial charge in [0.15, 0.2) is 0 Å². The number of hydrogen-bond donors (Lipinski definition) is 3. The van der Waals surface area contributed by atoms with Crippen molar-refractivity contribution in [1.29, 1.82) is 0 Å². The highest BCUT2D eigenvalue weighted by atomic mass is 35.5. The topological polar surface area (TPSA) is 92.9 Å². The molecule has 2 aromatic rings. The number of nitrogen functional groups attached to an aromatic ring is 1. The molecule has 1 aromatic heterocycles. The van der Waals surface area contributed by atoms with Crippen molar-refractivity contribution in [3.05, 3.63) is 41.0 Å². The van der Waals surface area contributed by atoms with Gasteiger partial charge in [0.1, 0.15) is 5.82 Å². The van der Waals surface area contributed by atoms with E-state index in [2.05, 4.69) is 20.6 Å². The molecular formula is C13H14ClN5O. The lowest BCUT2D eigenvalue weighted by atomic mass is 10.3. The number of nitrogens with two attached hydrogens (primary N) is 1. The van der Waals surface area contributed by atoms with Crippen LogP contribution in [-0.2, 0) is 4.79 Å². The summed E-state index contributed by atoms with van der Waals surface area (Å²) in [6.07, 6.45) is 0. The van der Waals surface area contributed by atoms with Gasteiger partial charge < -0.3 is 16.4 Å². The van der Waals surface area contributed by atoms with Crippen LogP contribution in [0, 0.1) is 6.92 Å². The van der Waals surface area contributed by atoms with E-state index in [4.69, 9.17) is 17.3 Å². The van der Waals surface area contributed by atoms with Gasteiger partial charge in [-0.05, 0) is 31.2 Å². The van der Waals surface area contributed by atoms with Gasteiger partial charge in [0.2, 0.25) is 11.9 Å². The highest BCUT2D eigenvalue weighted by Gasteiger charge is 2.04. The van der Waals surface area contributed by atoms with Gasteiger partial charge in [0, 0.05) is 22.5 Å². The van der Waals surface area contributed by atoms with Gasteiger partial charge in [-0.1, -0.05) is 11.6 Å². The molecule has 1 aromatic carbocycles. The number of nitrogens with one attached hydrogen (secondary N) is 2. The number of aromatic nitrogens is 2. The van der Waals surface area contributed by atoms with E-state index in [0.29, 0.717) is 16.5 Å². The molecule has 20 heavy (non-hydrogen) atoms. The molecule has 0 bridgehead atoms. The van der Waals surface area contributed by atoms with Gasteiger partial charge >= 0.3 is 0 Å². The number of amides is 1. The SMILES string of the molecule is Cc1cc(NCC(=O)Nc2ccc(Cl)cc2)nc(N)n1. The van der Waals surface area contributed by atoms with E-state index in [1.807, 2.05) is 0 Å². The number of carbonyl (C=O) groups excluding carboxylic acids is 1. The van der Waals surface area contributed by atoms with Crippen molar-refractivity contribution in [3.63, 3.8) is 0 Å². The van der Waals surface area contributed by atoms with E-state index in [1.165, 1.54) is 0 Å². The van der Waals surface area contributed by atoms with Gasteiger partial charge in [-0.25, -0.2) is 4.98 Å². The molecule has 0 aliphatic rings. The zero-order chi connectivity index (χ0) is 14.5. The number of aryl methyl sites for hydroxylation is 1. The quantitative estimate of drug-likeness (QED) is 0.802. The van der Waals surface area contributed by atoms with Crippen LogP contribution in [-0.4, -0.2) is 22.4 Å². The number of nitrogens with zero attached hydrogens (tertiary/aromatic N) is 2. The Kier molecular flexibility index (Phi) is 4.37. The van der Waals surface area contributed by atoms with Crippen molar-refractivity contribution in [1.82, 2.24) is 9.97 Å². The number of hydrogen-bond acceptors (Lipinski definition) is 5. The van der Waals surface area contributed by atoms with Gasteiger partial charge in [0.25, 0.3) is 0 Å². The monoisotopic (exact) mass is 291 g/mol. The summed E-state index contributed by atoms with van der Waals surface area (Å²) in [5, 5.41) is 6.24. The fraction of sp³-hybridized carbons (Fsp3) is 0.154. The van der Waals surface area contributed by atoms with Crippen LogP contribution in [0.4, 0.5) is 17.5 Å². The summed E-state index contributed by atoms with van der Waals surface area (Å²) in [6.45, 7) is 1.88. The molecule has 4 N–H and O–H groups in total. The van der Waals surface area contributed by atoms with E-state index >= 15 is 0 Å². The summed E-state index contributed by atoms with van der Waals surface area (Å²) in [5.74, 6) is 0.494. The lowest BCUT2D eigenvalue weighted by Crippen LogP contribution is -2.22. The highest BCUT2D eigenvalue weighted by Crippen LogP contribution is 2.13. The maximum Gasteiger partial charge on any atom is 0.243 e.